The normalized spacial score (nSPS) is 11.9. The predicted molar refractivity (Wildman–Crippen MR) is 258 cm³/mol. The van der Waals surface area contributed by atoms with E-state index in [1.165, 1.54) is 71.2 Å². The molecule has 8 aromatic carbocycles. The monoisotopic (exact) mass is 785 g/mol. The lowest BCUT2D eigenvalue weighted by atomic mass is 10.00. The van der Waals surface area contributed by atoms with Gasteiger partial charge in [0.15, 0.2) is 0 Å². The fourth-order valence-corrected chi connectivity index (χ4v) is 10.2. The highest BCUT2D eigenvalue weighted by Crippen LogP contribution is 2.39. The van der Waals surface area contributed by atoms with Crippen molar-refractivity contribution in [1.82, 2.24) is 14.1 Å². The maximum Gasteiger partial charge on any atom is 0.0775 e. The van der Waals surface area contributed by atoms with E-state index in [1.54, 1.807) is 0 Å². The third-order valence-electron chi connectivity index (χ3n) is 12.1. The zero-order valence-corrected chi connectivity index (χ0v) is 35.0. The van der Waals surface area contributed by atoms with Crippen LogP contribution < -0.4 is 5.19 Å². The van der Waals surface area contributed by atoms with Crippen molar-refractivity contribution in [1.29, 1.82) is 0 Å². The molecule has 11 aromatic rings. The smallest absolute Gasteiger partial charge is 0.0775 e. The van der Waals surface area contributed by atoms with Gasteiger partial charge in [0.05, 0.1) is 41.5 Å². The van der Waals surface area contributed by atoms with Gasteiger partial charge in [-0.05, 0) is 89.0 Å². The molecule has 0 aliphatic rings. The summed E-state index contributed by atoms with van der Waals surface area (Å²) in [6.45, 7) is 7.22. The molecular weight excluding hydrogens is 743 g/mol. The van der Waals surface area contributed by atoms with Crippen LogP contribution in [0.2, 0.25) is 19.6 Å². The van der Waals surface area contributed by atoms with Gasteiger partial charge in [0.25, 0.3) is 0 Å². The topological polar surface area (TPSA) is 22.8 Å². The van der Waals surface area contributed by atoms with Gasteiger partial charge in [0.1, 0.15) is 0 Å². The minimum atomic E-state index is -1.42. The second-order valence-corrected chi connectivity index (χ2v) is 22.0. The number of rotatable bonds is 7. The highest BCUT2D eigenvalue weighted by molar-refractivity contribution is 6.88. The van der Waals surface area contributed by atoms with Gasteiger partial charge in [-0.1, -0.05) is 164 Å². The molecule has 0 amide bonds. The molecule has 0 bridgehead atoms. The van der Waals surface area contributed by atoms with Crippen molar-refractivity contribution in [2.75, 3.05) is 0 Å². The predicted octanol–water partition coefficient (Wildman–Crippen LogP) is 14.5. The Hall–Kier alpha value is -7.27. The lowest BCUT2D eigenvalue weighted by molar-refractivity contribution is 1.18. The molecule has 0 unspecified atom stereocenters. The average molecular weight is 786 g/mol. The second kappa shape index (κ2) is 14.2. The van der Waals surface area contributed by atoms with Crippen LogP contribution in [0.3, 0.4) is 0 Å². The van der Waals surface area contributed by atoms with Crippen LogP contribution in [0.15, 0.2) is 206 Å². The second-order valence-electron chi connectivity index (χ2n) is 16.9. The molecule has 0 atom stereocenters. The van der Waals surface area contributed by atoms with Gasteiger partial charge in [-0.15, -0.1) is 0 Å². The first-order valence-electron chi connectivity index (χ1n) is 20.8. The summed E-state index contributed by atoms with van der Waals surface area (Å²) >= 11 is 0. The molecule has 0 N–H and O–H groups in total. The fourth-order valence-electron chi connectivity index (χ4n) is 9.01. The molecule has 0 fully saturated rings. The molecule has 3 heterocycles. The number of hydrogen-bond acceptors (Lipinski definition) is 1. The first kappa shape index (κ1) is 35.9. The Labute approximate surface area is 351 Å². The number of fused-ring (bicyclic) bond motifs is 6. The van der Waals surface area contributed by atoms with Crippen LogP contribution in [-0.2, 0) is 0 Å². The van der Waals surface area contributed by atoms with Crippen LogP contribution >= 0.6 is 0 Å². The largest absolute Gasteiger partial charge is 0.309 e. The van der Waals surface area contributed by atoms with Gasteiger partial charge in [-0.25, -0.2) is 4.98 Å². The Balaban J connectivity index is 1.04. The summed E-state index contributed by atoms with van der Waals surface area (Å²) in [6, 6.07) is 75.1. The number of pyridine rings is 1. The summed E-state index contributed by atoms with van der Waals surface area (Å²) in [7, 11) is -1.42. The van der Waals surface area contributed by atoms with Crippen molar-refractivity contribution in [3.63, 3.8) is 0 Å². The molecule has 3 nitrogen and oxygen atoms in total. The Bertz CT molecular complexity index is 3330. The zero-order chi connectivity index (χ0) is 40.4. The van der Waals surface area contributed by atoms with E-state index >= 15 is 0 Å². The summed E-state index contributed by atoms with van der Waals surface area (Å²) in [5.74, 6) is 0. The summed E-state index contributed by atoms with van der Waals surface area (Å²) in [5, 5.41) is 6.46. The quantitative estimate of drug-likeness (QED) is 0.148. The SMILES string of the molecule is C[Si](C)(C)c1ccc(-n2c3ccccc3c3ccc(-c4ccc5c(c4)c4ccccc4n5-c4cccc(-c5cc(-c6ccccc6)cc(-c6ccccc6)n5)c4)cc32)cc1. The van der Waals surface area contributed by atoms with Gasteiger partial charge in [-0.2, -0.15) is 0 Å². The summed E-state index contributed by atoms with van der Waals surface area (Å²) < 4.78 is 4.84. The number of aromatic nitrogens is 3. The molecule has 0 saturated carbocycles. The Kier molecular flexibility index (Phi) is 8.50. The number of nitrogens with zero attached hydrogens (tertiary/aromatic N) is 3. The number of para-hydroxylation sites is 2. The minimum absolute atomic E-state index is 0.944. The Morgan fingerprint density at radius 1 is 0.317 bits per heavy atom. The van der Waals surface area contributed by atoms with E-state index in [0.29, 0.717) is 0 Å². The molecule has 0 saturated heterocycles. The van der Waals surface area contributed by atoms with Gasteiger partial charge in [0.2, 0.25) is 0 Å². The standard InChI is InChI=1S/C56H43N3Si/c1-60(2,3)46-29-27-44(28-30-46)58-53-23-12-10-21-47(53)49-31-25-41(37-56(49)58)40-26-32-55-50(34-40)48-22-11-13-24-54(48)59(55)45-20-14-19-42(33-45)52-36-43(38-15-6-4-7-16-38)35-51(57-52)39-17-8-5-9-18-39/h4-37H,1-3H3. The molecule has 3 aromatic heterocycles. The highest BCUT2D eigenvalue weighted by Gasteiger charge is 2.19. The zero-order valence-electron chi connectivity index (χ0n) is 34.0. The van der Waals surface area contributed by atoms with E-state index < -0.39 is 8.07 Å². The summed E-state index contributed by atoms with van der Waals surface area (Å²) in [5.41, 5.74) is 15.9. The molecule has 0 aliphatic carbocycles. The van der Waals surface area contributed by atoms with Crippen LogP contribution in [0.25, 0.3) is 99.8 Å². The molecule has 0 aliphatic heterocycles. The van der Waals surface area contributed by atoms with Crippen LogP contribution in [0.1, 0.15) is 0 Å². The third-order valence-corrected chi connectivity index (χ3v) is 14.1. The number of hydrogen-bond donors (Lipinski definition) is 0. The molecule has 0 radical (unpaired) electrons. The van der Waals surface area contributed by atoms with Gasteiger partial charge in [0, 0.05) is 44.0 Å². The fraction of sp³-hybridized carbons (Fsp3) is 0.0536. The average Bonchev–Trinajstić information content (AvgIpc) is 3.81. The minimum Gasteiger partial charge on any atom is -0.309 e. The molecule has 0 spiro atoms. The molecule has 4 heteroatoms. The van der Waals surface area contributed by atoms with Crippen LogP contribution in [0.5, 0.6) is 0 Å². The van der Waals surface area contributed by atoms with E-state index in [-0.39, 0.29) is 0 Å². The van der Waals surface area contributed by atoms with Gasteiger partial charge < -0.3 is 9.13 Å². The van der Waals surface area contributed by atoms with E-state index in [0.717, 1.165) is 33.8 Å². The summed E-state index contributed by atoms with van der Waals surface area (Å²) in [6.07, 6.45) is 0. The first-order chi connectivity index (χ1) is 29.4. The lowest BCUT2D eigenvalue weighted by Crippen LogP contribution is -2.37. The molecule has 286 valence electrons. The van der Waals surface area contributed by atoms with E-state index in [1.807, 2.05) is 0 Å². The molecule has 60 heavy (non-hydrogen) atoms. The maximum atomic E-state index is 5.26. The van der Waals surface area contributed by atoms with E-state index in [2.05, 4.69) is 235 Å². The van der Waals surface area contributed by atoms with Gasteiger partial charge in [-0.3, -0.25) is 0 Å². The van der Waals surface area contributed by atoms with Crippen molar-refractivity contribution in [2.45, 2.75) is 19.6 Å². The highest BCUT2D eigenvalue weighted by atomic mass is 28.3. The van der Waals surface area contributed by atoms with E-state index in [4.69, 9.17) is 4.98 Å². The van der Waals surface area contributed by atoms with Crippen LogP contribution in [0, 0.1) is 0 Å². The van der Waals surface area contributed by atoms with Crippen molar-refractivity contribution >= 4 is 56.9 Å². The van der Waals surface area contributed by atoms with Crippen molar-refractivity contribution in [3.8, 4) is 56.1 Å². The molecule has 11 rings (SSSR count). The Morgan fingerprint density at radius 2 is 0.850 bits per heavy atom. The third kappa shape index (κ3) is 6.16. The lowest BCUT2D eigenvalue weighted by Gasteiger charge is -2.17. The van der Waals surface area contributed by atoms with Crippen molar-refractivity contribution < 1.29 is 0 Å². The summed E-state index contributed by atoms with van der Waals surface area (Å²) in [4.78, 5) is 5.26. The van der Waals surface area contributed by atoms with Crippen LogP contribution in [0.4, 0.5) is 0 Å². The van der Waals surface area contributed by atoms with Gasteiger partial charge >= 0.3 is 0 Å². The first-order valence-corrected chi connectivity index (χ1v) is 24.3. The van der Waals surface area contributed by atoms with E-state index in [9.17, 15) is 0 Å². The number of benzene rings is 8. The molecular formula is C56H43N3Si. The van der Waals surface area contributed by atoms with Crippen molar-refractivity contribution in [3.05, 3.63) is 206 Å². The van der Waals surface area contributed by atoms with Crippen LogP contribution in [-0.4, -0.2) is 22.2 Å². The Morgan fingerprint density at radius 3 is 1.55 bits per heavy atom. The maximum absolute atomic E-state index is 5.26. The van der Waals surface area contributed by atoms with Crippen molar-refractivity contribution in [2.24, 2.45) is 0 Å².